The van der Waals surface area contributed by atoms with Crippen molar-refractivity contribution in [2.45, 2.75) is 18.6 Å². The van der Waals surface area contributed by atoms with Gasteiger partial charge in [0, 0.05) is 22.5 Å². The Morgan fingerprint density at radius 1 is 1.15 bits per heavy atom. The maximum atomic E-state index is 13.8. The molecule has 2 nitrogen and oxygen atoms in total. The van der Waals surface area contributed by atoms with Crippen LogP contribution >= 0.6 is 15.9 Å². The molecule has 2 aromatic rings. The molecule has 0 saturated heterocycles. The lowest BCUT2D eigenvalue weighted by atomic mass is 9.93. The normalized spacial score (nSPS) is 21.2. The molecule has 0 fully saturated rings. The topological polar surface area (TPSA) is 35.2 Å². The molecule has 1 aliphatic rings. The molecule has 1 unspecified atom stereocenters. The van der Waals surface area contributed by atoms with Crippen LogP contribution in [0.5, 0.6) is 5.75 Å². The summed E-state index contributed by atoms with van der Waals surface area (Å²) in [7, 11) is 0. The van der Waals surface area contributed by atoms with E-state index in [1.165, 1.54) is 18.2 Å². The van der Waals surface area contributed by atoms with E-state index in [1.807, 2.05) is 12.1 Å². The summed E-state index contributed by atoms with van der Waals surface area (Å²) in [5.74, 6) is -0.648. The molecule has 104 valence electrons. The first-order chi connectivity index (χ1) is 9.56. The van der Waals surface area contributed by atoms with E-state index < -0.39 is 17.7 Å². The van der Waals surface area contributed by atoms with E-state index in [4.69, 9.17) is 10.5 Å². The lowest BCUT2D eigenvalue weighted by molar-refractivity contribution is 0.153. The van der Waals surface area contributed by atoms with Crippen molar-refractivity contribution in [1.82, 2.24) is 0 Å². The van der Waals surface area contributed by atoms with Crippen LogP contribution in [0, 0.1) is 11.6 Å². The second-order valence-electron chi connectivity index (χ2n) is 4.77. The Labute approximate surface area is 123 Å². The highest BCUT2D eigenvalue weighted by molar-refractivity contribution is 9.10. The van der Waals surface area contributed by atoms with Crippen LogP contribution in [0.15, 0.2) is 40.9 Å². The Bertz CT molecular complexity index is 642. The highest BCUT2D eigenvalue weighted by Gasteiger charge is 2.30. The van der Waals surface area contributed by atoms with Crippen molar-refractivity contribution < 1.29 is 13.5 Å². The van der Waals surface area contributed by atoms with Gasteiger partial charge in [0.1, 0.15) is 23.5 Å². The fourth-order valence-electron chi connectivity index (χ4n) is 2.47. The average Bonchev–Trinajstić information content (AvgIpc) is 2.39. The molecule has 2 N–H and O–H groups in total. The van der Waals surface area contributed by atoms with E-state index in [1.54, 1.807) is 6.07 Å². The van der Waals surface area contributed by atoms with Gasteiger partial charge >= 0.3 is 0 Å². The first-order valence-corrected chi connectivity index (χ1v) is 7.01. The third-order valence-electron chi connectivity index (χ3n) is 3.43. The minimum atomic E-state index is -0.708. The van der Waals surface area contributed by atoms with Crippen LogP contribution in [-0.4, -0.2) is 0 Å². The number of ether oxygens (including phenoxy) is 1. The molecular formula is C15H12BrF2NO. The first-order valence-electron chi connectivity index (χ1n) is 6.22. The quantitative estimate of drug-likeness (QED) is 0.842. The minimum Gasteiger partial charge on any atom is -0.485 e. The van der Waals surface area contributed by atoms with Crippen LogP contribution in [0.2, 0.25) is 0 Å². The summed E-state index contributed by atoms with van der Waals surface area (Å²) in [5.41, 5.74) is 6.88. The van der Waals surface area contributed by atoms with Gasteiger partial charge in [0.05, 0.1) is 5.56 Å². The van der Waals surface area contributed by atoms with E-state index in [2.05, 4.69) is 15.9 Å². The van der Waals surface area contributed by atoms with Crippen LogP contribution in [0.3, 0.4) is 0 Å². The predicted molar refractivity (Wildman–Crippen MR) is 75.4 cm³/mol. The molecule has 0 amide bonds. The SMILES string of the molecule is N[C@H]1CC(c2c(F)cccc2F)Oc2ccc(Br)cc21. The zero-order valence-electron chi connectivity index (χ0n) is 10.4. The lowest BCUT2D eigenvalue weighted by Gasteiger charge is -2.31. The summed E-state index contributed by atoms with van der Waals surface area (Å²) >= 11 is 3.37. The average molecular weight is 340 g/mol. The van der Waals surface area contributed by atoms with E-state index >= 15 is 0 Å². The molecule has 0 aromatic heterocycles. The highest BCUT2D eigenvalue weighted by Crippen LogP contribution is 2.41. The first kappa shape index (κ1) is 13.5. The van der Waals surface area contributed by atoms with Crippen LogP contribution in [-0.2, 0) is 0 Å². The fourth-order valence-corrected chi connectivity index (χ4v) is 2.85. The van der Waals surface area contributed by atoms with Crippen molar-refractivity contribution in [2.24, 2.45) is 5.73 Å². The van der Waals surface area contributed by atoms with Gasteiger partial charge < -0.3 is 10.5 Å². The van der Waals surface area contributed by atoms with Crippen LogP contribution < -0.4 is 10.5 Å². The summed E-state index contributed by atoms with van der Waals surface area (Å²) in [6.07, 6.45) is -0.374. The van der Waals surface area contributed by atoms with Gasteiger partial charge in [-0.2, -0.15) is 0 Å². The third kappa shape index (κ3) is 2.31. The Hall–Kier alpha value is -1.46. The number of fused-ring (bicyclic) bond motifs is 1. The van der Waals surface area contributed by atoms with Crippen molar-refractivity contribution in [3.63, 3.8) is 0 Å². The highest BCUT2D eigenvalue weighted by atomic mass is 79.9. The number of benzene rings is 2. The third-order valence-corrected chi connectivity index (χ3v) is 3.92. The summed E-state index contributed by atoms with van der Waals surface area (Å²) < 4.78 is 34.3. The Kier molecular flexibility index (Phi) is 3.48. The van der Waals surface area contributed by atoms with Crippen LogP contribution in [0.25, 0.3) is 0 Å². The van der Waals surface area contributed by atoms with Gasteiger partial charge in [0.25, 0.3) is 0 Å². The summed E-state index contributed by atoms with van der Waals surface area (Å²) in [5, 5.41) is 0. The van der Waals surface area contributed by atoms with Gasteiger partial charge in [0.2, 0.25) is 0 Å². The molecule has 0 bridgehead atoms. The van der Waals surface area contributed by atoms with Gasteiger partial charge in [-0.25, -0.2) is 8.78 Å². The predicted octanol–water partition coefficient (Wildman–Crippen LogP) is 4.25. The largest absolute Gasteiger partial charge is 0.485 e. The number of hydrogen-bond acceptors (Lipinski definition) is 2. The molecule has 2 atom stereocenters. The number of halogens is 3. The smallest absolute Gasteiger partial charge is 0.133 e. The molecule has 20 heavy (non-hydrogen) atoms. The molecule has 0 aliphatic carbocycles. The second-order valence-corrected chi connectivity index (χ2v) is 5.68. The fraction of sp³-hybridized carbons (Fsp3) is 0.200. The van der Waals surface area contributed by atoms with Gasteiger partial charge in [-0.15, -0.1) is 0 Å². The Morgan fingerprint density at radius 3 is 2.55 bits per heavy atom. The summed E-state index contributed by atoms with van der Waals surface area (Å²) in [6, 6.07) is 8.90. The zero-order chi connectivity index (χ0) is 14.3. The molecule has 1 heterocycles. The number of rotatable bonds is 1. The molecule has 2 aromatic carbocycles. The van der Waals surface area contributed by atoms with Crippen LogP contribution in [0.1, 0.15) is 29.7 Å². The van der Waals surface area contributed by atoms with Crippen molar-refractivity contribution in [1.29, 1.82) is 0 Å². The van der Waals surface area contributed by atoms with E-state index in [9.17, 15) is 8.78 Å². The van der Waals surface area contributed by atoms with Crippen LogP contribution in [0.4, 0.5) is 8.78 Å². The maximum Gasteiger partial charge on any atom is 0.133 e. The van der Waals surface area contributed by atoms with Gasteiger partial charge in [0.15, 0.2) is 0 Å². The lowest BCUT2D eigenvalue weighted by Crippen LogP contribution is -2.25. The molecule has 3 rings (SSSR count). The Balaban J connectivity index is 2.01. The van der Waals surface area contributed by atoms with E-state index in [0.29, 0.717) is 12.2 Å². The van der Waals surface area contributed by atoms with E-state index in [0.717, 1.165) is 10.0 Å². The molecule has 0 saturated carbocycles. The van der Waals surface area contributed by atoms with Crippen molar-refractivity contribution in [3.05, 3.63) is 63.6 Å². The molecular weight excluding hydrogens is 328 g/mol. The van der Waals surface area contributed by atoms with Crippen molar-refractivity contribution in [3.8, 4) is 5.75 Å². The van der Waals surface area contributed by atoms with E-state index in [-0.39, 0.29) is 11.6 Å². The van der Waals surface area contributed by atoms with Crippen molar-refractivity contribution in [2.75, 3.05) is 0 Å². The number of nitrogens with two attached hydrogens (primary N) is 1. The molecule has 5 heteroatoms. The van der Waals surface area contributed by atoms with Gasteiger partial charge in [-0.3, -0.25) is 0 Å². The molecule has 0 radical (unpaired) electrons. The van der Waals surface area contributed by atoms with Gasteiger partial charge in [-0.1, -0.05) is 22.0 Å². The summed E-state index contributed by atoms with van der Waals surface area (Å²) in [6.45, 7) is 0. The monoisotopic (exact) mass is 339 g/mol. The standard InChI is InChI=1S/C15H12BrF2NO/c16-8-4-5-13-9(6-8)12(19)7-14(20-13)15-10(17)2-1-3-11(15)18/h1-6,12,14H,7,19H2/t12-,14?/m0/s1. The summed E-state index contributed by atoms with van der Waals surface area (Å²) in [4.78, 5) is 0. The molecule has 1 aliphatic heterocycles. The van der Waals surface area contributed by atoms with Crippen molar-refractivity contribution >= 4 is 15.9 Å². The Morgan fingerprint density at radius 2 is 1.85 bits per heavy atom. The maximum absolute atomic E-state index is 13.8. The number of hydrogen-bond donors (Lipinski definition) is 1. The minimum absolute atomic E-state index is 0.0588. The zero-order valence-corrected chi connectivity index (χ0v) is 12.0. The van der Waals surface area contributed by atoms with Gasteiger partial charge in [-0.05, 0) is 30.3 Å². The second kappa shape index (κ2) is 5.14. The molecule has 0 spiro atoms.